The van der Waals surface area contributed by atoms with Crippen LogP contribution in [0.3, 0.4) is 0 Å². The number of morpholine rings is 1. The van der Waals surface area contributed by atoms with Gasteiger partial charge < -0.3 is 24.4 Å². The molecule has 0 bridgehead atoms. The Labute approximate surface area is 145 Å². The van der Waals surface area contributed by atoms with Crippen LogP contribution in [-0.2, 0) is 23.8 Å². The van der Waals surface area contributed by atoms with Crippen LogP contribution in [0.1, 0.15) is 5.56 Å². The Morgan fingerprint density at radius 2 is 2.00 bits per heavy atom. The second-order valence-corrected chi connectivity index (χ2v) is 5.14. The minimum atomic E-state index is -0.721. The van der Waals surface area contributed by atoms with Crippen LogP contribution in [0.5, 0.6) is 0 Å². The van der Waals surface area contributed by atoms with E-state index in [0.717, 1.165) is 11.8 Å². The molecular formula is C17H19N3O5. The second-order valence-electron chi connectivity index (χ2n) is 5.14. The fraction of sp³-hybridized carbons (Fsp3) is 0.353. The minimum absolute atomic E-state index is 0.0858. The van der Waals surface area contributed by atoms with Gasteiger partial charge in [0.1, 0.15) is 11.8 Å². The monoisotopic (exact) mass is 345 g/mol. The van der Waals surface area contributed by atoms with Gasteiger partial charge in [-0.15, -0.1) is 0 Å². The fourth-order valence-electron chi connectivity index (χ4n) is 2.37. The van der Waals surface area contributed by atoms with E-state index in [-0.39, 0.29) is 5.70 Å². The molecule has 0 amide bonds. The third-order valence-corrected chi connectivity index (χ3v) is 3.62. The molecule has 1 aliphatic heterocycles. The molecule has 0 radical (unpaired) electrons. The van der Waals surface area contributed by atoms with Crippen molar-refractivity contribution in [2.45, 2.75) is 0 Å². The first-order chi connectivity index (χ1) is 12.1. The summed E-state index contributed by atoms with van der Waals surface area (Å²) in [4.78, 5) is 25.3. The van der Waals surface area contributed by atoms with Crippen LogP contribution in [0, 0.1) is 11.3 Å². The molecule has 1 aromatic carbocycles. The average molecular weight is 345 g/mol. The highest BCUT2D eigenvalue weighted by Crippen LogP contribution is 2.25. The van der Waals surface area contributed by atoms with E-state index in [1.807, 2.05) is 0 Å². The van der Waals surface area contributed by atoms with Crippen molar-refractivity contribution in [3.63, 3.8) is 0 Å². The van der Waals surface area contributed by atoms with Gasteiger partial charge in [0.2, 0.25) is 0 Å². The van der Waals surface area contributed by atoms with Crippen molar-refractivity contribution in [1.82, 2.24) is 0 Å². The van der Waals surface area contributed by atoms with Crippen molar-refractivity contribution in [1.29, 1.82) is 5.26 Å². The largest absolute Gasteiger partial charge is 0.466 e. The third kappa shape index (κ3) is 4.71. The molecular weight excluding hydrogens is 326 g/mol. The van der Waals surface area contributed by atoms with Crippen molar-refractivity contribution in [3.8, 4) is 6.07 Å². The summed E-state index contributed by atoms with van der Waals surface area (Å²) in [5.74, 6) is -1.42. The lowest BCUT2D eigenvalue weighted by Crippen LogP contribution is -2.36. The highest BCUT2D eigenvalue weighted by molar-refractivity contribution is 5.98. The van der Waals surface area contributed by atoms with Gasteiger partial charge in [0.15, 0.2) is 0 Å². The van der Waals surface area contributed by atoms with Crippen LogP contribution in [0.25, 0.3) is 0 Å². The predicted octanol–water partition coefficient (Wildman–Crippen LogP) is 1.04. The Morgan fingerprint density at radius 3 is 2.60 bits per heavy atom. The van der Waals surface area contributed by atoms with Gasteiger partial charge in [-0.1, -0.05) is 0 Å². The Balaban J connectivity index is 2.26. The number of nitriles is 1. The summed E-state index contributed by atoms with van der Waals surface area (Å²) < 4.78 is 14.5. The normalized spacial score (nSPS) is 14.4. The summed E-state index contributed by atoms with van der Waals surface area (Å²) in [5, 5.41) is 12.2. The second kappa shape index (κ2) is 8.70. The van der Waals surface area contributed by atoms with Crippen LogP contribution in [0.4, 0.5) is 11.4 Å². The molecule has 25 heavy (non-hydrogen) atoms. The number of ether oxygens (including phenoxy) is 3. The van der Waals surface area contributed by atoms with Gasteiger partial charge in [-0.25, -0.2) is 9.59 Å². The molecule has 1 aliphatic rings. The lowest BCUT2D eigenvalue weighted by molar-refractivity contribution is -0.138. The first-order valence-electron chi connectivity index (χ1n) is 7.61. The summed E-state index contributed by atoms with van der Waals surface area (Å²) in [6.07, 6.45) is 0.994. The zero-order chi connectivity index (χ0) is 18.2. The molecule has 0 aliphatic carbocycles. The number of nitrogens with one attached hydrogen (secondary N) is 1. The number of anilines is 2. The predicted molar refractivity (Wildman–Crippen MR) is 89.9 cm³/mol. The number of hydrogen-bond acceptors (Lipinski definition) is 8. The first-order valence-corrected chi connectivity index (χ1v) is 7.61. The van der Waals surface area contributed by atoms with Crippen molar-refractivity contribution in [2.24, 2.45) is 0 Å². The van der Waals surface area contributed by atoms with Crippen molar-refractivity contribution < 1.29 is 23.8 Å². The van der Waals surface area contributed by atoms with E-state index in [1.165, 1.54) is 14.2 Å². The number of rotatable bonds is 5. The molecule has 0 spiro atoms. The van der Waals surface area contributed by atoms with Crippen LogP contribution < -0.4 is 10.2 Å². The van der Waals surface area contributed by atoms with E-state index in [4.69, 9.17) is 4.74 Å². The molecule has 132 valence electrons. The molecule has 0 aromatic heterocycles. The van der Waals surface area contributed by atoms with E-state index < -0.39 is 11.9 Å². The molecule has 2 rings (SSSR count). The Hall–Kier alpha value is -3.05. The molecule has 1 heterocycles. The van der Waals surface area contributed by atoms with Gasteiger partial charge in [-0.2, -0.15) is 5.26 Å². The topological polar surface area (TPSA) is 101 Å². The van der Waals surface area contributed by atoms with Crippen LogP contribution in [0.2, 0.25) is 0 Å². The number of carbonyl (C=O) groups is 2. The Morgan fingerprint density at radius 1 is 1.28 bits per heavy atom. The Bertz CT molecular complexity index is 717. The van der Waals surface area contributed by atoms with Gasteiger partial charge in [0.25, 0.3) is 0 Å². The maximum absolute atomic E-state index is 11.8. The summed E-state index contributed by atoms with van der Waals surface area (Å²) in [6.45, 7) is 2.63. The molecule has 0 atom stereocenters. The van der Waals surface area contributed by atoms with Gasteiger partial charge in [-0.05, 0) is 18.2 Å². The number of carbonyl (C=O) groups excluding carboxylic acids is 2. The number of nitrogens with zero attached hydrogens (tertiary/aromatic N) is 2. The summed E-state index contributed by atoms with van der Waals surface area (Å²) in [7, 11) is 2.41. The van der Waals surface area contributed by atoms with E-state index in [1.54, 1.807) is 18.2 Å². The Kier molecular flexibility index (Phi) is 6.37. The smallest absolute Gasteiger partial charge is 0.354 e. The zero-order valence-corrected chi connectivity index (χ0v) is 14.1. The van der Waals surface area contributed by atoms with Gasteiger partial charge in [-0.3, -0.25) is 0 Å². The number of hydrogen-bond donors (Lipinski definition) is 1. The molecule has 8 nitrogen and oxygen atoms in total. The highest BCUT2D eigenvalue weighted by atomic mass is 16.5. The lowest BCUT2D eigenvalue weighted by atomic mass is 10.1. The minimum Gasteiger partial charge on any atom is -0.466 e. The number of benzene rings is 1. The molecule has 1 saturated heterocycles. The molecule has 1 aromatic rings. The summed E-state index contributed by atoms with van der Waals surface area (Å²) in [5.41, 5.74) is 1.65. The van der Waals surface area contributed by atoms with Crippen molar-refractivity contribution in [2.75, 3.05) is 50.7 Å². The van der Waals surface area contributed by atoms with Gasteiger partial charge >= 0.3 is 11.9 Å². The van der Waals surface area contributed by atoms with E-state index in [2.05, 4.69) is 25.8 Å². The van der Waals surface area contributed by atoms with Crippen LogP contribution in [0.15, 0.2) is 30.0 Å². The summed E-state index contributed by atoms with van der Waals surface area (Å²) in [6, 6.07) is 7.27. The standard InChI is InChI=1S/C17H19N3O5/c1-23-16(21)10-14(17(22)24-2)19-13-3-4-15(12(9-13)11-18)20-5-7-25-8-6-20/h3-4,9-10,19H,5-8H2,1-2H3/b14-10+. The molecule has 0 saturated carbocycles. The third-order valence-electron chi connectivity index (χ3n) is 3.62. The van der Waals surface area contributed by atoms with E-state index in [9.17, 15) is 14.9 Å². The van der Waals surface area contributed by atoms with E-state index in [0.29, 0.717) is 37.6 Å². The fourth-order valence-corrected chi connectivity index (χ4v) is 2.37. The zero-order valence-electron chi connectivity index (χ0n) is 14.1. The quantitative estimate of drug-likeness (QED) is 0.624. The van der Waals surface area contributed by atoms with E-state index >= 15 is 0 Å². The number of methoxy groups -OCH3 is 2. The van der Waals surface area contributed by atoms with Crippen molar-refractivity contribution >= 4 is 23.3 Å². The number of esters is 2. The summed E-state index contributed by atoms with van der Waals surface area (Å²) >= 11 is 0. The lowest BCUT2D eigenvalue weighted by Gasteiger charge is -2.29. The molecule has 8 heteroatoms. The molecule has 1 N–H and O–H groups in total. The van der Waals surface area contributed by atoms with Gasteiger partial charge in [0.05, 0.1) is 44.8 Å². The van der Waals surface area contributed by atoms with Crippen LogP contribution >= 0.6 is 0 Å². The van der Waals surface area contributed by atoms with Gasteiger partial charge in [0, 0.05) is 18.8 Å². The maximum atomic E-state index is 11.8. The highest BCUT2D eigenvalue weighted by Gasteiger charge is 2.17. The molecule has 1 fully saturated rings. The SMILES string of the molecule is COC(=O)/C=C(/Nc1ccc(N2CCOCC2)c(C#N)c1)C(=O)OC. The van der Waals surface area contributed by atoms with Crippen molar-refractivity contribution in [3.05, 3.63) is 35.5 Å². The average Bonchev–Trinajstić information content (AvgIpc) is 2.67. The molecule has 0 unspecified atom stereocenters. The maximum Gasteiger partial charge on any atom is 0.354 e. The van der Waals surface area contributed by atoms with Crippen LogP contribution in [-0.4, -0.2) is 52.5 Å². The first kappa shape index (κ1) is 18.3.